The van der Waals surface area contributed by atoms with Crippen molar-refractivity contribution in [1.82, 2.24) is 0 Å². The van der Waals surface area contributed by atoms with Crippen LogP contribution in [0.2, 0.25) is 0 Å². The number of rotatable bonds is 9. The molecule has 1 atom stereocenters. The van der Waals surface area contributed by atoms with E-state index in [0.717, 1.165) is 19.3 Å². The molecule has 0 saturated carbocycles. The van der Waals surface area contributed by atoms with E-state index in [4.69, 9.17) is 14.5 Å². The molecule has 0 fully saturated rings. The van der Waals surface area contributed by atoms with Gasteiger partial charge in [-0.25, -0.2) is 14.6 Å². The Balaban J connectivity index is 3.66. The van der Waals surface area contributed by atoms with E-state index in [1.807, 2.05) is 0 Å². The highest BCUT2D eigenvalue weighted by atomic mass is 17.2. The summed E-state index contributed by atoms with van der Waals surface area (Å²) in [5.41, 5.74) is 0.275. The second kappa shape index (κ2) is 9.36. The van der Waals surface area contributed by atoms with Crippen LogP contribution in [0.15, 0.2) is 12.2 Å². The molecule has 0 aromatic carbocycles. The van der Waals surface area contributed by atoms with E-state index in [2.05, 4.69) is 13.5 Å². The Bertz CT molecular complexity index is 213. The van der Waals surface area contributed by atoms with Crippen LogP contribution in [0.4, 0.5) is 0 Å². The molecule has 0 saturated heterocycles. The SMILES string of the molecule is C=C(C(=O)OCC)C(C)OOCCCCC. The van der Waals surface area contributed by atoms with Crippen molar-refractivity contribution in [1.29, 1.82) is 0 Å². The number of hydrogen-bond donors (Lipinski definition) is 0. The Labute approximate surface area is 97.5 Å². The zero-order valence-corrected chi connectivity index (χ0v) is 10.5. The Morgan fingerprint density at radius 3 is 2.56 bits per heavy atom. The van der Waals surface area contributed by atoms with Gasteiger partial charge in [-0.05, 0) is 20.3 Å². The van der Waals surface area contributed by atoms with Gasteiger partial charge in [0.05, 0.1) is 18.8 Å². The van der Waals surface area contributed by atoms with Crippen LogP contribution in [0.5, 0.6) is 0 Å². The summed E-state index contributed by atoms with van der Waals surface area (Å²) in [5, 5.41) is 0. The maximum absolute atomic E-state index is 11.3. The van der Waals surface area contributed by atoms with E-state index in [1.165, 1.54) is 0 Å². The van der Waals surface area contributed by atoms with E-state index in [9.17, 15) is 4.79 Å². The Morgan fingerprint density at radius 1 is 1.31 bits per heavy atom. The summed E-state index contributed by atoms with van der Waals surface area (Å²) in [6.07, 6.45) is 2.72. The molecule has 0 rings (SSSR count). The summed E-state index contributed by atoms with van der Waals surface area (Å²) in [4.78, 5) is 21.3. The molecule has 0 spiro atoms. The molecule has 0 aliphatic rings. The lowest BCUT2D eigenvalue weighted by molar-refractivity contribution is -0.313. The van der Waals surface area contributed by atoms with E-state index in [1.54, 1.807) is 13.8 Å². The van der Waals surface area contributed by atoms with Crippen LogP contribution in [0.1, 0.15) is 40.0 Å². The zero-order chi connectivity index (χ0) is 12.4. The van der Waals surface area contributed by atoms with Gasteiger partial charge in [-0.2, -0.15) is 0 Å². The van der Waals surface area contributed by atoms with Crippen LogP contribution < -0.4 is 0 Å². The second-order valence-electron chi connectivity index (χ2n) is 3.51. The number of ether oxygens (including phenoxy) is 1. The van der Waals surface area contributed by atoms with Gasteiger partial charge in [0.15, 0.2) is 0 Å². The normalized spacial score (nSPS) is 12.2. The molecule has 0 aromatic heterocycles. The van der Waals surface area contributed by atoms with Crippen molar-refractivity contribution in [3.05, 3.63) is 12.2 Å². The molecule has 4 heteroatoms. The highest BCUT2D eigenvalue weighted by Crippen LogP contribution is 2.07. The van der Waals surface area contributed by atoms with Crippen LogP contribution in [-0.4, -0.2) is 25.3 Å². The predicted molar refractivity (Wildman–Crippen MR) is 61.8 cm³/mol. The van der Waals surface area contributed by atoms with Crippen molar-refractivity contribution in [2.24, 2.45) is 0 Å². The molecule has 0 amide bonds. The third kappa shape index (κ3) is 6.58. The van der Waals surface area contributed by atoms with Gasteiger partial charge in [0.2, 0.25) is 0 Å². The number of hydrogen-bond acceptors (Lipinski definition) is 4. The highest BCUT2D eigenvalue weighted by molar-refractivity contribution is 5.88. The van der Waals surface area contributed by atoms with E-state index >= 15 is 0 Å². The molecule has 0 aliphatic heterocycles. The summed E-state index contributed by atoms with van der Waals surface area (Å²) in [7, 11) is 0. The molecule has 0 aromatic rings. The molecule has 4 nitrogen and oxygen atoms in total. The summed E-state index contributed by atoms with van der Waals surface area (Å²) >= 11 is 0. The maximum atomic E-state index is 11.3. The van der Waals surface area contributed by atoms with E-state index in [-0.39, 0.29) is 5.57 Å². The molecule has 0 N–H and O–H groups in total. The Morgan fingerprint density at radius 2 is 2.00 bits per heavy atom. The fourth-order valence-corrected chi connectivity index (χ4v) is 1.01. The fraction of sp³-hybridized carbons (Fsp3) is 0.750. The number of esters is 1. The predicted octanol–water partition coefficient (Wildman–Crippen LogP) is 2.63. The third-order valence-corrected chi connectivity index (χ3v) is 2.07. The van der Waals surface area contributed by atoms with Crippen molar-refractivity contribution in [2.45, 2.75) is 46.1 Å². The molecular weight excluding hydrogens is 208 g/mol. The summed E-state index contributed by atoms with van der Waals surface area (Å²) < 4.78 is 4.80. The lowest BCUT2D eigenvalue weighted by Crippen LogP contribution is -2.20. The van der Waals surface area contributed by atoms with Gasteiger partial charge < -0.3 is 4.74 Å². The monoisotopic (exact) mass is 230 g/mol. The van der Waals surface area contributed by atoms with Gasteiger partial charge in [0.1, 0.15) is 6.10 Å². The minimum absolute atomic E-state index is 0.275. The topological polar surface area (TPSA) is 44.8 Å². The zero-order valence-electron chi connectivity index (χ0n) is 10.5. The number of carbonyl (C=O) groups is 1. The largest absolute Gasteiger partial charge is 0.463 e. The minimum atomic E-state index is -0.472. The van der Waals surface area contributed by atoms with Crippen LogP contribution in [0.3, 0.4) is 0 Å². The van der Waals surface area contributed by atoms with Gasteiger partial charge in [-0.3, -0.25) is 0 Å². The summed E-state index contributed by atoms with van der Waals surface area (Å²) in [6, 6.07) is 0. The van der Waals surface area contributed by atoms with Crippen molar-refractivity contribution >= 4 is 5.97 Å². The van der Waals surface area contributed by atoms with Crippen molar-refractivity contribution in [2.75, 3.05) is 13.2 Å². The van der Waals surface area contributed by atoms with Crippen LogP contribution in [0.25, 0.3) is 0 Å². The van der Waals surface area contributed by atoms with Crippen LogP contribution in [0, 0.1) is 0 Å². The quantitative estimate of drug-likeness (QED) is 0.201. The van der Waals surface area contributed by atoms with Gasteiger partial charge in [0.25, 0.3) is 0 Å². The van der Waals surface area contributed by atoms with Gasteiger partial charge in [-0.15, -0.1) is 0 Å². The lowest BCUT2D eigenvalue weighted by atomic mass is 10.2. The van der Waals surface area contributed by atoms with Gasteiger partial charge in [0, 0.05) is 0 Å². The number of unbranched alkanes of at least 4 members (excludes halogenated alkanes) is 2. The molecule has 0 aliphatic carbocycles. The summed E-state index contributed by atoms with van der Waals surface area (Å²) in [5.74, 6) is -0.438. The van der Waals surface area contributed by atoms with E-state index < -0.39 is 12.1 Å². The average molecular weight is 230 g/mol. The van der Waals surface area contributed by atoms with Crippen molar-refractivity contribution < 1.29 is 19.3 Å². The molecule has 0 radical (unpaired) electrons. The summed E-state index contributed by atoms with van der Waals surface area (Å²) in [6.45, 7) is 10.1. The second-order valence-corrected chi connectivity index (χ2v) is 3.51. The van der Waals surface area contributed by atoms with Gasteiger partial charge in [-0.1, -0.05) is 26.3 Å². The first-order valence-corrected chi connectivity index (χ1v) is 5.77. The van der Waals surface area contributed by atoms with E-state index in [0.29, 0.717) is 13.2 Å². The first-order valence-electron chi connectivity index (χ1n) is 5.77. The van der Waals surface area contributed by atoms with Gasteiger partial charge >= 0.3 is 5.97 Å². The van der Waals surface area contributed by atoms with Crippen LogP contribution in [-0.2, 0) is 19.3 Å². The molecule has 16 heavy (non-hydrogen) atoms. The Kier molecular flexibility index (Phi) is 8.85. The lowest BCUT2D eigenvalue weighted by Gasteiger charge is -2.13. The molecular formula is C12H22O4. The van der Waals surface area contributed by atoms with Crippen LogP contribution >= 0.6 is 0 Å². The molecule has 0 heterocycles. The fourth-order valence-electron chi connectivity index (χ4n) is 1.01. The minimum Gasteiger partial charge on any atom is -0.463 e. The Hall–Kier alpha value is -0.870. The standard InChI is InChI=1S/C12H22O4/c1-5-7-8-9-15-16-11(4)10(3)12(13)14-6-2/h11H,3,5-9H2,1-2,4H3. The molecule has 0 bridgehead atoms. The van der Waals surface area contributed by atoms with Crippen molar-refractivity contribution in [3.8, 4) is 0 Å². The average Bonchev–Trinajstić information content (AvgIpc) is 2.27. The molecule has 94 valence electrons. The maximum Gasteiger partial charge on any atom is 0.336 e. The first kappa shape index (κ1) is 15.1. The first-order chi connectivity index (χ1) is 7.63. The molecule has 1 unspecified atom stereocenters. The smallest absolute Gasteiger partial charge is 0.336 e. The third-order valence-electron chi connectivity index (χ3n) is 2.07. The number of carbonyl (C=O) groups excluding carboxylic acids is 1. The highest BCUT2D eigenvalue weighted by Gasteiger charge is 2.16. The van der Waals surface area contributed by atoms with Crippen molar-refractivity contribution in [3.63, 3.8) is 0 Å².